The lowest BCUT2D eigenvalue weighted by atomic mass is 9.49. The van der Waals surface area contributed by atoms with Crippen LogP contribution in [0.2, 0.25) is 0 Å². The van der Waals surface area contributed by atoms with Crippen molar-refractivity contribution in [2.75, 3.05) is 38.2 Å². The van der Waals surface area contributed by atoms with Crippen LogP contribution < -0.4 is 19.7 Å². The molecule has 0 radical (unpaired) electrons. The maximum Gasteiger partial charge on any atom is 0.251 e. The molecule has 2 saturated heterocycles. The molecule has 2 aromatic carbocycles. The first-order valence-corrected chi connectivity index (χ1v) is 15.8. The number of benzene rings is 2. The zero-order valence-corrected chi connectivity index (χ0v) is 26.2. The number of aliphatic hydroxyl groups excluding tert-OH is 1. The van der Waals surface area contributed by atoms with Crippen LogP contribution in [-0.2, 0) is 0 Å². The highest BCUT2D eigenvalue weighted by Crippen LogP contribution is 2.56. The van der Waals surface area contributed by atoms with Crippen LogP contribution in [0, 0.1) is 27.6 Å². The molecular weight excluding hydrogens is 540 g/mol. The summed E-state index contributed by atoms with van der Waals surface area (Å²) in [5, 5.41) is 22.5. The van der Waals surface area contributed by atoms with E-state index in [2.05, 4.69) is 61.0 Å². The van der Waals surface area contributed by atoms with Crippen LogP contribution in [0.5, 0.6) is 11.5 Å². The number of hydrogen-bond donors (Lipinski definition) is 2. The molecule has 8 heteroatoms. The third-order valence-electron chi connectivity index (χ3n) is 10.9. The Kier molecular flexibility index (Phi) is 7.63. The molecule has 0 aromatic heterocycles. The lowest BCUT2D eigenvalue weighted by Gasteiger charge is -2.63. The van der Waals surface area contributed by atoms with E-state index in [1.165, 1.54) is 24.9 Å². The molecule has 43 heavy (non-hydrogen) atoms. The first kappa shape index (κ1) is 29.8. The monoisotopic (exact) mass is 586 g/mol. The molecule has 2 heterocycles. The number of piperidine rings is 1. The molecule has 2 aliphatic carbocycles. The molecule has 4 aliphatic rings. The Hall–Kier alpha value is -3.28. The Labute approximate surface area is 256 Å². The molecule has 2 aromatic rings. The normalized spacial score (nSPS) is 27.6. The summed E-state index contributed by atoms with van der Waals surface area (Å²) in [6.45, 7) is 12.7. The van der Waals surface area contributed by atoms with Gasteiger partial charge in [0.25, 0.3) is 5.91 Å². The number of rotatable bonds is 7. The van der Waals surface area contributed by atoms with Crippen molar-refractivity contribution >= 4 is 11.6 Å². The van der Waals surface area contributed by atoms with Crippen molar-refractivity contribution in [1.29, 1.82) is 5.26 Å². The molecule has 0 bridgehead atoms. The lowest BCUT2D eigenvalue weighted by Crippen LogP contribution is -2.74. The summed E-state index contributed by atoms with van der Waals surface area (Å²) >= 11 is 0. The van der Waals surface area contributed by atoms with Crippen molar-refractivity contribution in [1.82, 2.24) is 10.2 Å². The van der Waals surface area contributed by atoms with E-state index < -0.39 is 0 Å². The van der Waals surface area contributed by atoms with Crippen LogP contribution in [0.15, 0.2) is 42.5 Å². The number of aliphatic hydroxyl groups is 1. The Balaban J connectivity index is 1.03. The van der Waals surface area contributed by atoms with Gasteiger partial charge in [-0.2, -0.15) is 5.26 Å². The first-order valence-electron chi connectivity index (χ1n) is 15.8. The van der Waals surface area contributed by atoms with Gasteiger partial charge >= 0.3 is 0 Å². The summed E-state index contributed by atoms with van der Waals surface area (Å²) < 4.78 is 11.8. The minimum atomic E-state index is -0.306. The van der Waals surface area contributed by atoms with Crippen LogP contribution in [0.25, 0.3) is 0 Å². The van der Waals surface area contributed by atoms with E-state index >= 15 is 0 Å². The molecule has 1 atom stereocenters. The van der Waals surface area contributed by atoms with Crippen LogP contribution in [0.4, 0.5) is 5.69 Å². The van der Waals surface area contributed by atoms with Crippen molar-refractivity contribution in [3.63, 3.8) is 0 Å². The Morgan fingerprint density at radius 3 is 2.33 bits per heavy atom. The highest BCUT2D eigenvalue weighted by Gasteiger charge is 2.64. The summed E-state index contributed by atoms with van der Waals surface area (Å²) in [6.07, 6.45) is 5.38. The Morgan fingerprint density at radius 1 is 1.02 bits per heavy atom. The fourth-order valence-electron chi connectivity index (χ4n) is 8.78. The van der Waals surface area contributed by atoms with E-state index in [1.54, 1.807) is 25.3 Å². The number of carbonyl (C=O) groups is 1. The van der Waals surface area contributed by atoms with Crippen LogP contribution in [-0.4, -0.2) is 73.5 Å². The number of anilines is 1. The predicted octanol–water partition coefficient (Wildman–Crippen LogP) is 4.99. The number of hydrogen-bond acceptors (Lipinski definition) is 7. The van der Waals surface area contributed by atoms with Crippen molar-refractivity contribution in [3.8, 4) is 17.6 Å². The first-order chi connectivity index (χ1) is 20.5. The van der Waals surface area contributed by atoms with E-state index in [0.717, 1.165) is 39.0 Å². The molecule has 4 fully saturated rings. The molecule has 230 valence electrons. The molecule has 1 spiro atoms. The molecule has 8 nitrogen and oxygen atoms in total. The summed E-state index contributed by atoms with van der Waals surface area (Å²) in [5.74, 6) is 1.07. The zero-order chi connectivity index (χ0) is 30.6. The average Bonchev–Trinajstić information content (AvgIpc) is 3.44. The lowest BCUT2D eigenvalue weighted by molar-refractivity contribution is -0.164. The second-order valence-electron chi connectivity index (χ2n) is 14.6. The van der Waals surface area contributed by atoms with Gasteiger partial charge in [-0.15, -0.1) is 0 Å². The molecule has 2 aliphatic heterocycles. The molecule has 1 unspecified atom stereocenters. The van der Waals surface area contributed by atoms with Crippen molar-refractivity contribution in [2.45, 2.75) is 84.1 Å². The van der Waals surface area contributed by atoms with E-state index in [0.29, 0.717) is 34.1 Å². The second kappa shape index (κ2) is 11.0. The third-order valence-corrected chi connectivity index (χ3v) is 10.9. The van der Waals surface area contributed by atoms with Gasteiger partial charge in [-0.3, -0.25) is 4.79 Å². The molecule has 6 rings (SSSR count). The summed E-state index contributed by atoms with van der Waals surface area (Å²) in [4.78, 5) is 18.4. The number of amides is 1. The van der Waals surface area contributed by atoms with Crippen LogP contribution in [0.1, 0.15) is 75.7 Å². The van der Waals surface area contributed by atoms with Gasteiger partial charge in [0.05, 0.1) is 18.8 Å². The second-order valence-corrected chi connectivity index (χ2v) is 14.6. The molecule has 2 N–H and O–H groups in total. The van der Waals surface area contributed by atoms with Gasteiger partial charge < -0.3 is 29.7 Å². The summed E-state index contributed by atoms with van der Waals surface area (Å²) in [6, 6.07) is 16.0. The largest absolute Gasteiger partial charge is 0.495 e. The fourth-order valence-corrected chi connectivity index (χ4v) is 8.78. The van der Waals surface area contributed by atoms with Gasteiger partial charge in [-0.25, -0.2) is 0 Å². The maximum absolute atomic E-state index is 13.4. The SMILES string of the molecule is COc1cc(OC2C(C)(C)C(NC(=O)c3ccc(N4CC5(CCC(N6CCC(O)CC6)C5)C4)cc3)C2(C)C)ccc1C#N. The summed E-state index contributed by atoms with van der Waals surface area (Å²) in [5.41, 5.74) is 2.12. The molecule has 1 amide bonds. The van der Waals surface area contributed by atoms with Gasteiger partial charge in [-0.1, -0.05) is 27.7 Å². The number of nitrogens with zero attached hydrogens (tertiary/aromatic N) is 3. The van der Waals surface area contributed by atoms with Crippen molar-refractivity contribution in [3.05, 3.63) is 53.6 Å². The number of methoxy groups -OCH3 is 1. The highest BCUT2D eigenvalue weighted by atomic mass is 16.5. The van der Waals surface area contributed by atoms with Gasteiger partial charge in [0, 0.05) is 71.8 Å². The number of nitrogens with one attached hydrogen (secondary N) is 1. The summed E-state index contributed by atoms with van der Waals surface area (Å²) in [7, 11) is 1.55. The van der Waals surface area contributed by atoms with E-state index in [-0.39, 0.29) is 35.0 Å². The Morgan fingerprint density at radius 2 is 1.70 bits per heavy atom. The minimum Gasteiger partial charge on any atom is -0.495 e. The zero-order valence-electron chi connectivity index (χ0n) is 26.2. The molecular formula is C35H46N4O4. The van der Waals surface area contributed by atoms with Crippen molar-refractivity contribution < 1.29 is 19.4 Å². The quantitative estimate of drug-likeness (QED) is 0.472. The number of carbonyl (C=O) groups excluding carboxylic acids is 1. The molecule has 2 saturated carbocycles. The van der Waals surface area contributed by atoms with Crippen LogP contribution in [0.3, 0.4) is 0 Å². The number of ether oxygens (including phenoxy) is 2. The average molecular weight is 587 g/mol. The van der Waals surface area contributed by atoms with E-state index in [9.17, 15) is 15.2 Å². The van der Waals surface area contributed by atoms with Gasteiger partial charge in [-0.05, 0) is 68.5 Å². The maximum atomic E-state index is 13.4. The van der Waals surface area contributed by atoms with Gasteiger partial charge in [0.1, 0.15) is 23.7 Å². The highest BCUT2D eigenvalue weighted by molar-refractivity contribution is 5.95. The third kappa shape index (κ3) is 5.36. The standard InChI is InChI=1S/C35H46N4O4/c1-33(2)31(34(3,4)32(33)43-28-11-8-24(20-36)29(18-28)42-5)37-30(41)23-6-9-25(10-7-23)39-21-35(22-39)15-12-26(19-35)38-16-13-27(40)14-17-38/h6-11,18,26-27,31-32,40H,12-17,19,21-22H2,1-5H3,(H,37,41). The van der Waals surface area contributed by atoms with Gasteiger partial charge in [0.2, 0.25) is 0 Å². The van der Waals surface area contributed by atoms with Gasteiger partial charge in [0.15, 0.2) is 0 Å². The van der Waals surface area contributed by atoms with E-state index in [4.69, 9.17) is 9.47 Å². The van der Waals surface area contributed by atoms with Crippen LogP contribution >= 0.6 is 0 Å². The Bertz CT molecular complexity index is 1370. The van der Waals surface area contributed by atoms with E-state index in [1.807, 2.05) is 12.1 Å². The topological polar surface area (TPSA) is 98.1 Å². The fraction of sp³-hybridized carbons (Fsp3) is 0.600. The number of nitriles is 1. The number of likely N-dealkylation sites (tertiary alicyclic amines) is 1. The predicted molar refractivity (Wildman–Crippen MR) is 166 cm³/mol. The smallest absolute Gasteiger partial charge is 0.251 e. The van der Waals surface area contributed by atoms with Crippen molar-refractivity contribution in [2.24, 2.45) is 16.2 Å². The minimum absolute atomic E-state index is 0.0680.